The number of carbonyl (C=O) groups excluding carboxylic acids is 1. The Kier molecular flexibility index (Phi) is 5.41. The summed E-state index contributed by atoms with van der Waals surface area (Å²) < 4.78 is 5.45. The molecule has 134 valence electrons. The van der Waals surface area contributed by atoms with Crippen molar-refractivity contribution < 1.29 is 19.7 Å². The molecule has 2 N–H and O–H groups in total. The van der Waals surface area contributed by atoms with E-state index in [1.54, 1.807) is 13.0 Å². The van der Waals surface area contributed by atoms with Gasteiger partial charge in [0.05, 0.1) is 11.5 Å². The topological polar surface area (TPSA) is 66.8 Å². The van der Waals surface area contributed by atoms with Gasteiger partial charge in [0.15, 0.2) is 0 Å². The van der Waals surface area contributed by atoms with Crippen molar-refractivity contribution in [1.82, 2.24) is 0 Å². The van der Waals surface area contributed by atoms with Gasteiger partial charge >= 0.3 is 5.97 Å². The van der Waals surface area contributed by atoms with Gasteiger partial charge in [-0.3, -0.25) is 0 Å². The normalized spacial score (nSPS) is 31.6. The first kappa shape index (κ1) is 18.9. The average Bonchev–Trinajstić information content (AvgIpc) is 2.92. The van der Waals surface area contributed by atoms with Gasteiger partial charge in [-0.05, 0) is 71.4 Å². The molecule has 0 radical (unpaired) electrons. The van der Waals surface area contributed by atoms with Crippen molar-refractivity contribution in [2.75, 3.05) is 0 Å². The summed E-state index contributed by atoms with van der Waals surface area (Å²) in [6, 6.07) is 0. The highest BCUT2D eigenvalue weighted by Crippen LogP contribution is 2.55. The van der Waals surface area contributed by atoms with Crippen LogP contribution in [0.1, 0.15) is 66.7 Å². The number of rotatable bonds is 5. The van der Waals surface area contributed by atoms with E-state index in [0.29, 0.717) is 12.0 Å². The lowest BCUT2D eigenvalue weighted by Crippen LogP contribution is -2.52. The summed E-state index contributed by atoms with van der Waals surface area (Å²) in [6.45, 7) is 9.59. The minimum Gasteiger partial charge on any atom is -0.429 e. The summed E-state index contributed by atoms with van der Waals surface area (Å²) in [5.41, 5.74) is 3.07. The summed E-state index contributed by atoms with van der Waals surface area (Å²) >= 11 is 0. The number of fused-ring (bicyclic) bond motifs is 1. The number of aliphatic hydroxyl groups is 2. The van der Waals surface area contributed by atoms with E-state index >= 15 is 0 Å². The molecular formula is C20H30O4. The molecule has 1 heterocycles. The Bertz CT molecular complexity index is 609. The quantitative estimate of drug-likeness (QED) is 0.593. The molecule has 3 atom stereocenters. The zero-order valence-electron chi connectivity index (χ0n) is 15.5. The number of ether oxygens (including phenoxy) is 1. The van der Waals surface area contributed by atoms with Gasteiger partial charge in [-0.15, -0.1) is 0 Å². The molecule has 2 rings (SSSR count). The smallest absolute Gasteiger partial charge is 0.336 e. The van der Waals surface area contributed by atoms with Gasteiger partial charge in [-0.25, -0.2) is 4.79 Å². The minimum absolute atomic E-state index is 0.198. The van der Waals surface area contributed by atoms with Gasteiger partial charge in [0, 0.05) is 12.0 Å². The molecule has 0 amide bonds. The predicted octanol–water partition coefficient (Wildman–Crippen LogP) is 3.79. The highest BCUT2D eigenvalue weighted by atomic mass is 16.7. The molecule has 4 heteroatoms. The van der Waals surface area contributed by atoms with Crippen molar-refractivity contribution in [1.29, 1.82) is 0 Å². The summed E-state index contributed by atoms with van der Waals surface area (Å²) in [5, 5.41) is 21.3. The van der Waals surface area contributed by atoms with Crippen molar-refractivity contribution in [2.24, 2.45) is 5.41 Å². The molecule has 1 aliphatic heterocycles. The summed E-state index contributed by atoms with van der Waals surface area (Å²) in [5.74, 6) is -1.96. The van der Waals surface area contributed by atoms with Crippen molar-refractivity contribution in [3.05, 3.63) is 34.4 Å². The van der Waals surface area contributed by atoms with Crippen LogP contribution < -0.4 is 0 Å². The van der Waals surface area contributed by atoms with Crippen molar-refractivity contribution >= 4 is 5.97 Å². The second-order valence-corrected chi connectivity index (χ2v) is 7.65. The average molecular weight is 334 g/mol. The van der Waals surface area contributed by atoms with Gasteiger partial charge in [0.25, 0.3) is 0 Å². The van der Waals surface area contributed by atoms with Crippen LogP contribution >= 0.6 is 0 Å². The number of hydrogen-bond acceptors (Lipinski definition) is 4. The molecule has 0 aromatic rings. The molecule has 1 fully saturated rings. The maximum atomic E-state index is 12.1. The number of hydrogen-bond donors (Lipinski definition) is 2. The molecule has 2 aliphatic rings. The van der Waals surface area contributed by atoms with E-state index in [2.05, 4.69) is 0 Å². The lowest BCUT2D eigenvalue weighted by Gasteiger charge is -2.46. The Hall–Kier alpha value is -1.39. The molecule has 1 aliphatic carbocycles. The van der Waals surface area contributed by atoms with Gasteiger partial charge in [0.2, 0.25) is 5.79 Å². The van der Waals surface area contributed by atoms with Gasteiger partial charge in [-0.2, -0.15) is 0 Å². The first-order chi connectivity index (χ1) is 11.1. The Balaban J connectivity index is 2.20. The fraction of sp³-hybridized carbons (Fsp3) is 0.650. The van der Waals surface area contributed by atoms with Crippen molar-refractivity contribution in [2.45, 2.75) is 78.6 Å². The minimum atomic E-state index is -1.53. The van der Waals surface area contributed by atoms with Crippen LogP contribution in [0.5, 0.6) is 0 Å². The SMILES string of the molecule is CC(C)=CCC(O)C(C)=CCC1(O)OC(=O)C(C)=C2CCCC21C. The second-order valence-electron chi connectivity index (χ2n) is 7.65. The van der Waals surface area contributed by atoms with Crippen LogP contribution in [0.3, 0.4) is 0 Å². The molecule has 0 bridgehead atoms. The Morgan fingerprint density at radius 1 is 1.33 bits per heavy atom. The van der Waals surface area contributed by atoms with E-state index < -0.39 is 23.3 Å². The summed E-state index contributed by atoms with van der Waals surface area (Å²) in [4.78, 5) is 12.1. The number of carbonyl (C=O) groups is 1. The van der Waals surface area contributed by atoms with Crippen molar-refractivity contribution in [3.8, 4) is 0 Å². The maximum Gasteiger partial charge on any atom is 0.336 e. The number of allylic oxidation sites excluding steroid dienone is 1. The molecule has 24 heavy (non-hydrogen) atoms. The zero-order valence-corrected chi connectivity index (χ0v) is 15.5. The molecule has 1 saturated carbocycles. The highest BCUT2D eigenvalue weighted by Gasteiger charge is 2.57. The third kappa shape index (κ3) is 3.35. The van der Waals surface area contributed by atoms with Crippen molar-refractivity contribution in [3.63, 3.8) is 0 Å². The standard InChI is InChI=1S/C20H30O4/c1-13(2)8-9-17(21)14(3)10-12-20(23)19(5)11-6-7-16(19)15(4)18(22)24-20/h8,10,17,21,23H,6-7,9,11-12H2,1-5H3. The van der Waals surface area contributed by atoms with E-state index in [0.717, 1.165) is 36.0 Å². The molecule has 0 aromatic heterocycles. The van der Waals surface area contributed by atoms with E-state index in [1.807, 2.05) is 33.8 Å². The molecule has 3 unspecified atom stereocenters. The summed E-state index contributed by atoms with van der Waals surface area (Å²) in [7, 11) is 0. The maximum absolute atomic E-state index is 12.1. The molecule has 0 aromatic carbocycles. The fourth-order valence-electron chi connectivity index (χ4n) is 3.78. The van der Waals surface area contributed by atoms with Crippen LogP contribution in [0.2, 0.25) is 0 Å². The predicted molar refractivity (Wildman–Crippen MR) is 94.1 cm³/mol. The van der Waals surface area contributed by atoms with Gasteiger partial charge < -0.3 is 14.9 Å². The zero-order chi connectivity index (χ0) is 18.1. The number of esters is 1. The number of cyclic esters (lactones) is 1. The lowest BCUT2D eigenvalue weighted by atomic mass is 9.71. The van der Waals surface area contributed by atoms with E-state index in [-0.39, 0.29) is 6.42 Å². The van der Waals surface area contributed by atoms with Crippen LogP contribution in [-0.2, 0) is 9.53 Å². The molecule has 0 saturated heterocycles. The molecule has 4 nitrogen and oxygen atoms in total. The molecular weight excluding hydrogens is 304 g/mol. The second kappa shape index (κ2) is 6.85. The van der Waals surface area contributed by atoms with Crippen LogP contribution in [0, 0.1) is 5.41 Å². The lowest BCUT2D eigenvalue weighted by molar-refractivity contribution is -0.249. The van der Waals surface area contributed by atoms with Crippen LogP contribution in [-0.4, -0.2) is 28.1 Å². The van der Waals surface area contributed by atoms with Gasteiger partial charge in [0.1, 0.15) is 0 Å². The fourth-order valence-corrected chi connectivity index (χ4v) is 3.78. The van der Waals surface area contributed by atoms with Crippen LogP contribution in [0.4, 0.5) is 0 Å². The molecule has 0 spiro atoms. The Morgan fingerprint density at radius 3 is 2.62 bits per heavy atom. The Labute approximate surface area is 144 Å². The third-order valence-electron chi connectivity index (χ3n) is 5.63. The van der Waals surface area contributed by atoms with E-state index in [4.69, 9.17) is 4.74 Å². The largest absolute Gasteiger partial charge is 0.429 e. The Morgan fingerprint density at radius 2 is 2.00 bits per heavy atom. The number of aliphatic hydroxyl groups excluding tert-OH is 1. The highest BCUT2D eigenvalue weighted by molar-refractivity contribution is 5.90. The third-order valence-corrected chi connectivity index (χ3v) is 5.63. The summed E-state index contributed by atoms with van der Waals surface area (Å²) in [6.07, 6.45) is 6.54. The monoisotopic (exact) mass is 334 g/mol. The van der Waals surface area contributed by atoms with Crippen LogP contribution in [0.15, 0.2) is 34.4 Å². The van der Waals surface area contributed by atoms with Gasteiger partial charge in [-0.1, -0.05) is 17.7 Å². The van der Waals surface area contributed by atoms with E-state index in [1.165, 1.54) is 0 Å². The van der Waals surface area contributed by atoms with E-state index in [9.17, 15) is 15.0 Å². The first-order valence-electron chi connectivity index (χ1n) is 8.75. The first-order valence-corrected chi connectivity index (χ1v) is 8.75. The van der Waals surface area contributed by atoms with Crippen LogP contribution in [0.25, 0.3) is 0 Å².